The summed E-state index contributed by atoms with van der Waals surface area (Å²) >= 11 is 0. The summed E-state index contributed by atoms with van der Waals surface area (Å²) in [6.07, 6.45) is 4.94. The van der Waals surface area contributed by atoms with E-state index in [0.717, 1.165) is 6.54 Å². The van der Waals surface area contributed by atoms with Crippen LogP contribution in [0.5, 0.6) is 0 Å². The SMILES string of the molecule is CCC(C)NCc1cnccc1C. The lowest BCUT2D eigenvalue weighted by molar-refractivity contribution is 0.532. The maximum Gasteiger partial charge on any atom is 0.0315 e. The highest BCUT2D eigenvalue weighted by molar-refractivity contribution is 5.20. The lowest BCUT2D eigenvalue weighted by atomic mass is 10.1. The van der Waals surface area contributed by atoms with Crippen molar-refractivity contribution in [1.82, 2.24) is 10.3 Å². The molecular formula is C11H18N2. The Labute approximate surface area is 80.4 Å². The molecule has 1 heterocycles. The average Bonchev–Trinajstić information content (AvgIpc) is 2.16. The number of pyridine rings is 1. The Morgan fingerprint density at radius 1 is 1.54 bits per heavy atom. The van der Waals surface area contributed by atoms with Gasteiger partial charge in [-0.3, -0.25) is 4.98 Å². The molecule has 0 aromatic carbocycles. The van der Waals surface area contributed by atoms with E-state index in [1.807, 2.05) is 18.5 Å². The summed E-state index contributed by atoms with van der Waals surface area (Å²) in [5, 5.41) is 3.45. The van der Waals surface area contributed by atoms with Crippen LogP contribution in [0.15, 0.2) is 18.5 Å². The van der Waals surface area contributed by atoms with Crippen LogP contribution in [0.3, 0.4) is 0 Å². The number of nitrogens with one attached hydrogen (secondary N) is 1. The van der Waals surface area contributed by atoms with Crippen molar-refractivity contribution in [3.8, 4) is 0 Å². The molecule has 0 aliphatic rings. The molecule has 0 spiro atoms. The van der Waals surface area contributed by atoms with E-state index >= 15 is 0 Å². The van der Waals surface area contributed by atoms with Crippen LogP contribution in [-0.2, 0) is 6.54 Å². The topological polar surface area (TPSA) is 24.9 Å². The molecule has 1 rings (SSSR count). The van der Waals surface area contributed by atoms with Gasteiger partial charge in [-0.05, 0) is 37.5 Å². The highest BCUT2D eigenvalue weighted by Gasteiger charge is 2.00. The predicted octanol–water partition coefficient (Wildman–Crippen LogP) is 2.28. The second-order valence-electron chi connectivity index (χ2n) is 3.49. The van der Waals surface area contributed by atoms with Crippen LogP contribution in [0.25, 0.3) is 0 Å². The van der Waals surface area contributed by atoms with E-state index in [9.17, 15) is 0 Å². The highest BCUT2D eigenvalue weighted by Crippen LogP contribution is 2.04. The number of hydrogen-bond donors (Lipinski definition) is 1. The molecule has 0 aliphatic heterocycles. The fraction of sp³-hybridized carbons (Fsp3) is 0.545. The van der Waals surface area contributed by atoms with Crippen molar-refractivity contribution in [1.29, 1.82) is 0 Å². The molecule has 0 bridgehead atoms. The van der Waals surface area contributed by atoms with Gasteiger partial charge in [-0.1, -0.05) is 6.92 Å². The van der Waals surface area contributed by atoms with Gasteiger partial charge in [0.1, 0.15) is 0 Å². The summed E-state index contributed by atoms with van der Waals surface area (Å²) in [4.78, 5) is 4.11. The van der Waals surface area contributed by atoms with Gasteiger partial charge in [0.25, 0.3) is 0 Å². The Balaban J connectivity index is 2.50. The molecule has 0 amide bonds. The van der Waals surface area contributed by atoms with Gasteiger partial charge in [0.2, 0.25) is 0 Å². The molecule has 0 radical (unpaired) electrons. The zero-order valence-electron chi connectivity index (χ0n) is 8.67. The maximum atomic E-state index is 4.11. The van der Waals surface area contributed by atoms with Crippen LogP contribution in [0.1, 0.15) is 31.4 Å². The molecule has 0 aliphatic carbocycles. The normalized spacial score (nSPS) is 12.8. The summed E-state index contributed by atoms with van der Waals surface area (Å²) in [5.74, 6) is 0. The van der Waals surface area contributed by atoms with Crippen molar-refractivity contribution in [2.75, 3.05) is 0 Å². The molecule has 1 aromatic heterocycles. The summed E-state index contributed by atoms with van der Waals surface area (Å²) in [5.41, 5.74) is 2.61. The summed E-state index contributed by atoms with van der Waals surface area (Å²) in [6, 6.07) is 2.63. The van der Waals surface area contributed by atoms with Gasteiger partial charge in [-0.25, -0.2) is 0 Å². The first-order valence-electron chi connectivity index (χ1n) is 4.87. The van der Waals surface area contributed by atoms with Crippen molar-refractivity contribution in [3.63, 3.8) is 0 Å². The Bertz CT molecular complexity index is 258. The predicted molar refractivity (Wildman–Crippen MR) is 55.6 cm³/mol. The van der Waals surface area contributed by atoms with Crippen molar-refractivity contribution in [3.05, 3.63) is 29.6 Å². The minimum absolute atomic E-state index is 0.583. The van der Waals surface area contributed by atoms with Gasteiger partial charge in [-0.15, -0.1) is 0 Å². The highest BCUT2D eigenvalue weighted by atomic mass is 14.9. The second-order valence-corrected chi connectivity index (χ2v) is 3.49. The molecule has 0 saturated carbocycles. The van der Waals surface area contributed by atoms with Gasteiger partial charge in [-0.2, -0.15) is 0 Å². The third-order valence-corrected chi connectivity index (χ3v) is 2.40. The van der Waals surface area contributed by atoms with E-state index in [0.29, 0.717) is 6.04 Å². The van der Waals surface area contributed by atoms with E-state index < -0.39 is 0 Å². The Morgan fingerprint density at radius 2 is 2.31 bits per heavy atom. The molecule has 72 valence electrons. The molecule has 0 saturated heterocycles. The third kappa shape index (κ3) is 3.15. The Morgan fingerprint density at radius 3 is 2.92 bits per heavy atom. The first-order valence-corrected chi connectivity index (χ1v) is 4.87. The summed E-state index contributed by atoms with van der Waals surface area (Å²) < 4.78 is 0. The van der Waals surface area contributed by atoms with Crippen LogP contribution < -0.4 is 5.32 Å². The number of rotatable bonds is 4. The average molecular weight is 178 g/mol. The standard InChI is InChI=1S/C11H18N2/c1-4-10(3)13-8-11-7-12-6-5-9(11)2/h5-7,10,13H,4,8H2,1-3H3. The molecule has 1 atom stereocenters. The Kier molecular flexibility index (Phi) is 3.90. The quantitative estimate of drug-likeness (QED) is 0.765. The van der Waals surface area contributed by atoms with Crippen molar-refractivity contribution < 1.29 is 0 Å². The maximum absolute atomic E-state index is 4.11. The molecule has 0 fully saturated rings. The van der Waals surface area contributed by atoms with E-state index in [1.54, 1.807) is 0 Å². The van der Waals surface area contributed by atoms with Gasteiger partial charge < -0.3 is 5.32 Å². The van der Waals surface area contributed by atoms with Crippen LogP contribution in [-0.4, -0.2) is 11.0 Å². The molecule has 1 unspecified atom stereocenters. The minimum atomic E-state index is 0.583. The van der Waals surface area contributed by atoms with Crippen LogP contribution in [0.2, 0.25) is 0 Å². The van der Waals surface area contributed by atoms with Crippen molar-refractivity contribution in [2.24, 2.45) is 0 Å². The van der Waals surface area contributed by atoms with Gasteiger partial charge in [0.15, 0.2) is 0 Å². The van der Waals surface area contributed by atoms with E-state index in [4.69, 9.17) is 0 Å². The zero-order chi connectivity index (χ0) is 9.68. The number of aryl methyl sites for hydroxylation is 1. The monoisotopic (exact) mass is 178 g/mol. The molecule has 13 heavy (non-hydrogen) atoms. The summed E-state index contributed by atoms with van der Waals surface area (Å²) in [6.45, 7) is 7.43. The third-order valence-electron chi connectivity index (χ3n) is 2.40. The van der Waals surface area contributed by atoms with Crippen LogP contribution >= 0.6 is 0 Å². The minimum Gasteiger partial charge on any atom is -0.310 e. The van der Waals surface area contributed by atoms with Gasteiger partial charge in [0.05, 0.1) is 0 Å². The van der Waals surface area contributed by atoms with Gasteiger partial charge in [0, 0.05) is 25.0 Å². The van der Waals surface area contributed by atoms with Crippen molar-refractivity contribution in [2.45, 2.75) is 39.8 Å². The molecule has 1 aromatic rings. The molecule has 2 heteroatoms. The number of hydrogen-bond acceptors (Lipinski definition) is 2. The molecule has 1 N–H and O–H groups in total. The smallest absolute Gasteiger partial charge is 0.0315 e. The number of nitrogens with zero attached hydrogens (tertiary/aromatic N) is 1. The first-order chi connectivity index (χ1) is 6.24. The zero-order valence-corrected chi connectivity index (χ0v) is 8.67. The lowest BCUT2D eigenvalue weighted by Crippen LogP contribution is -2.24. The van der Waals surface area contributed by atoms with E-state index in [2.05, 4.69) is 31.1 Å². The van der Waals surface area contributed by atoms with Crippen LogP contribution in [0.4, 0.5) is 0 Å². The fourth-order valence-electron chi connectivity index (χ4n) is 1.11. The number of aromatic nitrogens is 1. The molecular weight excluding hydrogens is 160 g/mol. The second kappa shape index (κ2) is 4.97. The lowest BCUT2D eigenvalue weighted by Gasteiger charge is -2.12. The van der Waals surface area contributed by atoms with Crippen molar-refractivity contribution >= 4 is 0 Å². The largest absolute Gasteiger partial charge is 0.310 e. The van der Waals surface area contributed by atoms with Gasteiger partial charge >= 0.3 is 0 Å². The Hall–Kier alpha value is -0.890. The summed E-state index contributed by atoms with van der Waals surface area (Å²) in [7, 11) is 0. The van der Waals surface area contributed by atoms with E-state index in [1.165, 1.54) is 17.5 Å². The molecule has 2 nitrogen and oxygen atoms in total. The van der Waals surface area contributed by atoms with Crippen LogP contribution in [0, 0.1) is 6.92 Å². The fourth-order valence-corrected chi connectivity index (χ4v) is 1.11. The first kappa shape index (κ1) is 10.2. The van der Waals surface area contributed by atoms with E-state index in [-0.39, 0.29) is 0 Å².